The van der Waals surface area contributed by atoms with E-state index >= 15 is 0 Å². The van der Waals surface area contributed by atoms with E-state index < -0.39 is 5.97 Å². The van der Waals surface area contributed by atoms with Crippen LogP contribution in [0.4, 0.5) is 0 Å². The molecule has 0 fully saturated rings. The zero-order valence-electron chi connectivity index (χ0n) is 9.67. The molecule has 0 atom stereocenters. The maximum absolute atomic E-state index is 11.0. The van der Waals surface area contributed by atoms with E-state index in [9.17, 15) is 9.59 Å². The predicted molar refractivity (Wildman–Crippen MR) is 68.6 cm³/mol. The molecule has 0 aliphatic carbocycles. The first-order valence-corrected chi connectivity index (χ1v) is 5.56. The molecule has 90 valence electrons. The second-order valence-corrected chi connectivity index (χ2v) is 3.93. The molecule has 0 saturated carbocycles. The van der Waals surface area contributed by atoms with Gasteiger partial charge in [-0.05, 0) is 16.7 Å². The van der Waals surface area contributed by atoms with Crippen LogP contribution in [0, 0.1) is 0 Å². The number of rotatable bonds is 4. The highest BCUT2D eigenvalue weighted by atomic mass is 16.4. The van der Waals surface area contributed by atoms with Gasteiger partial charge in [-0.15, -0.1) is 0 Å². The van der Waals surface area contributed by atoms with Crippen molar-refractivity contribution in [3.8, 4) is 11.1 Å². The van der Waals surface area contributed by atoms with Gasteiger partial charge in [0.05, 0.1) is 6.42 Å². The highest BCUT2D eigenvalue weighted by Crippen LogP contribution is 2.26. The van der Waals surface area contributed by atoms with Crippen LogP contribution in [0.5, 0.6) is 0 Å². The van der Waals surface area contributed by atoms with Crippen molar-refractivity contribution in [3.05, 3.63) is 59.7 Å². The number of carbonyl (C=O) groups excluding carboxylic acids is 1. The Morgan fingerprint density at radius 2 is 1.61 bits per heavy atom. The second-order valence-electron chi connectivity index (χ2n) is 3.93. The first kappa shape index (κ1) is 12.0. The third kappa shape index (κ3) is 2.46. The Bertz CT molecular complexity index is 588. The number of hydrogen-bond donors (Lipinski definition) is 1. The lowest BCUT2D eigenvalue weighted by atomic mass is 9.94. The molecule has 18 heavy (non-hydrogen) atoms. The van der Waals surface area contributed by atoms with Crippen LogP contribution in [0.15, 0.2) is 48.5 Å². The Kier molecular flexibility index (Phi) is 3.53. The summed E-state index contributed by atoms with van der Waals surface area (Å²) in [4.78, 5) is 21.9. The number of carbonyl (C=O) groups is 2. The summed E-state index contributed by atoms with van der Waals surface area (Å²) in [5, 5.41) is 8.90. The minimum absolute atomic E-state index is 0.0522. The number of carboxylic acid groups (broad SMARTS) is 1. The molecule has 3 nitrogen and oxygen atoms in total. The first-order valence-electron chi connectivity index (χ1n) is 5.56. The summed E-state index contributed by atoms with van der Waals surface area (Å²) in [7, 11) is 0. The van der Waals surface area contributed by atoms with E-state index in [0.29, 0.717) is 11.1 Å². The van der Waals surface area contributed by atoms with Crippen LogP contribution in [0.25, 0.3) is 11.1 Å². The van der Waals surface area contributed by atoms with Crippen molar-refractivity contribution in [2.45, 2.75) is 6.42 Å². The molecule has 0 radical (unpaired) electrons. The lowest BCUT2D eigenvalue weighted by Gasteiger charge is -2.09. The summed E-state index contributed by atoms with van der Waals surface area (Å²) >= 11 is 0. The maximum Gasteiger partial charge on any atom is 0.307 e. The van der Waals surface area contributed by atoms with Gasteiger partial charge in [-0.3, -0.25) is 9.59 Å². The molecule has 0 heterocycles. The Morgan fingerprint density at radius 3 is 2.28 bits per heavy atom. The molecule has 0 aliphatic rings. The minimum atomic E-state index is -0.883. The standard InChI is InChI=1S/C15H12O3/c16-10-12-6-2-4-8-14(12)13-7-3-1-5-11(13)9-15(17)18/h1-8,10H,9H2,(H,17,18). The van der Waals surface area contributed by atoms with E-state index in [-0.39, 0.29) is 6.42 Å². The van der Waals surface area contributed by atoms with Gasteiger partial charge in [0.15, 0.2) is 6.29 Å². The fourth-order valence-electron chi connectivity index (χ4n) is 1.95. The van der Waals surface area contributed by atoms with Gasteiger partial charge < -0.3 is 5.11 Å². The summed E-state index contributed by atoms with van der Waals surface area (Å²) in [6, 6.07) is 14.4. The van der Waals surface area contributed by atoms with E-state index in [0.717, 1.165) is 17.4 Å². The molecule has 0 bridgehead atoms. The average Bonchev–Trinajstić information content (AvgIpc) is 2.39. The van der Waals surface area contributed by atoms with E-state index in [1.54, 1.807) is 24.3 Å². The van der Waals surface area contributed by atoms with Gasteiger partial charge in [0.25, 0.3) is 0 Å². The van der Waals surface area contributed by atoms with Crippen LogP contribution in [-0.4, -0.2) is 17.4 Å². The zero-order valence-corrected chi connectivity index (χ0v) is 9.67. The third-order valence-corrected chi connectivity index (χ3v) is 2.74. The second kappa shape index (κ2) is 5.27. The van der Waals surface area contributed by atoms with Gasteiger partial charge in [0.2, 0.25) is 0 Å². The maximum atomic E-state index is 11.0. The predicted octanol–water partition coefficient (Wildman–Crippen LogP) is 2.79. The molecule has 1 N–H and O–H groups in total. The fraction of sp³-hybridized carbons (Fsp3) is 0.0667. The van der Waals surface area contributed by atoms with Gasteiger partial charge in [-0.25, -0.2) is 0 Å². The normalized spacial score (nSPS) is 10.0. The van der Waals surface area contributed by atoms with Crippen molar-refractivity contribution in [1.82, 2.24) is 0 Å². The molecule has 3 heteroatoms. The largest absolute Gasteiger partial charge is 0.481 e. The summed E-state index contributed by atoms with van der Waals surface area (Å²) in [5.41, 5.74) is 2.83. The minimum Gasteiger partial charge on any atom is -0.481 e. The van der Waals surface area contributed by atoms with Crippen molar-refractivity contribution < 1.29 is 14.7 Å². The molecular formula is C15H12O3. The van der Waals surface area contributed by atoms with Gasteiger partial charge in [0, 0.05) is 5.56 Å². The highest BCUT2D eigenvalue weighted by Gasteiger charge is 2.10. The summed E-state index contributed by atoms with van der Waals surface area (Å²) in [6.07, 6.45) is 0.732. The van der Waals surface area contributed by atoms with Crippen molar-refractivity contribution in [3.63, 3.8) is 0 Å². The van der Waals surface area contributed by atoms with Gasteiger partial charge in [0.1, 0.15) is 0 Å². The zero-order chi connectivity index (χ0) is 13.0. The molecule has 0 aliphatic heterocycles. The van der Waals surface area contributed by atoms with E-state index in [1.165, 1.54) is 0 Å². The summed E-state index contributed by atoms with van der Waals surface area (Å²) in [6.45, 7) is 0. The smallest absolute Gasteiger partial charge is 0.307 e. The number of aldehydes is 1. The molecule has 0 aromatic heterocycles. The SMILES string of the molecule is O=Cc1ccccc1-c1ccccc1CC(=O)O. The van der Waals surface area contributed by atoms with Crippen molar-refractivity contribution in [2.75, 3.05) is 0 Å². The molecule has 0 amide bonds. The molecule has 0 saturated heterocycles. The van der Waals surface area contributed by atoms with Crippen LogP contribution < -0.4 is 0 Å². The molecular weight excluding hydrogens is 228 g/mol. The van der Waals surface area contributed by atoms with Crippen molar-refractivity contribution in [1.29, 1.82) is 0 Å². The average molecular weight is 240 g/mol. The number of carboxylic acids is 1. The number of aliphatic carboxylic acids is 1. The highest BCUT2D eigenvalue weighted by molar-refractivity contribution is 5.89. The number of benzene rings is 2. The Labute approximate surface area is 105 Å². The van der Waals surface area contributed by atoms with Crippen LogP contribution >= 0.6 is 0 Å². The summed E-state index contributed by atoms with van der Waals surface area (Å²) in [5.74, 6) is -0.883. The van der Waals surface area contributed by atoms with E-state index in [4.69, 9.17) is 5.11 Å². The van der Waals surface area contributed by atoms with E-state index in [1.807, 2.05) is 24.3 Å². The van der Waals surface area contributed by atoms with Crippen molar-refractivity contribution in [2.24, 2.45) is 0 Å². The Morgan fingerprint density at radius 1 is 1.00 bits per heavy atom. The van der Waals surface area contributed by atoms with Gasteiger partial charge in [-0.1, -0.05) is 48.5 Å². The fourth-order valence-corrected chi connectivity index (χ4v) is 1.95. The molecule has 0 spiro atoms. The molecule has 0 unspecified atom stereocenters. The van der Waals surface area contributed by atoms with Gasteiger partial charge >= 0.3 is 5.97 Å². The Balaban J connectivity index is 2.56. The Hall–Kier alpha value is -2.42. The quantitative estimate of drug-likeness (QED) is 0.836. The number of hydrogen-bond acceptors (Lipinski definition) is 2. The summed E-state index contributed by atoms with van der Waals surface area (Å²) < 4.78 is 0. The van der Waals surface area contributed by atoms with E-state index in [2.05, 4.69) is 0 Å². The third-order valence-electron chi connectivity index (χ3n) is 2.74. The topological polar surface area (TPSA) is 54.4 Å². The first-order chi connectivity index (χ1) is 8.72. The lowest BCUT2D eigenvalue weighted by molar-refractivity contribution is -0.136. The lowest BCUT2D eigenvalue weighted by Crippen LogP contribution is -2.02. The van der Waals surface area contributed by atoms with Crippen LogP contribution in [0.2, 0.25) is 0 Å². The molecule has 2 rings (SSSR count). The molecule has 2 aromatic rings. The molecule has 2 aromatic carbocycles. The van der Waals surface area contributed by atoms with Crippen LogP contribution in [0.1, 0.15) is 15.9 Å². The van der Waals surface area contributed by atoms with Crippen molar-refractivity contribution >= 4 is 12.3 Å². The van der Waals surface area contributed by atoms with Gasteiger partial charge in [-0.2, -0.15) is 0 Å². The monoisotopic (exact) mass is 240 g/mol. The van der Waals surface area contributed by atoms with Crippen LogP contribution in [-0.2, 0) is 11.2 Å². The van der Waals surface area contributed by atoms with Crippen LogP contribution in [0.3, 0.4) is 0 Å².